The van der Waals surface area contributed by atoms with Gasteiger partial charge >= 0.3 is 0 Å². The van der Waals surface area contributed by atoms with Crippen molar-refractivity contribution in [1.29, 1.82) is 0 Å². The molecule has 0 radical (unpaired) electrons. The smallest absolute Gasteiger partial charge is 0.162 e. The Morgan fingerprint density at radius 3 is 2.70 bits per heavy atom. The zero-order valence-electron chi connectivity index (χ0n) is 18.0. The summed E-state index contributed by atoms with van der Waals surface area (Å²) in [5, 5.41) is 8.21. The summed E-state index contributed by atoms with van der Waals surface area (Å²) in [5.41, 5.74) is 3.04. The highest BCUT2D eigenvalue weighted by atomic mass is 35.5. The van der Waals surface area contributed by atoms with Gasteiger partial charge in [-0.05, 0) is 48.6 Å². The lowest BCUT2D eigenvalue weighted by atomic mass is 10.1. The van der Waals surface area contributed by atoms with Crippen LogP contribution in [0.4, 0.5) is 17.5 Å². The number of aromatic nitrogens is 5. The van der Waals surface area contributed by atoms with Crippen LogP contribution in [-0.4, -0.2) is 51.1 Å². The van der Waals surface area contributed by atoms with Gasteiger partial charge < -0.3 is 15.5 Å². The van der Waals surface area contributed by atoms with Gasteiger partial charge in [0, 0.05) is 49.5 Å². The van der Waals surface area contributed by atoms with E-state index >= 15 is 0 Å². The number of halogens is 1. The molecule has 1 aliphatic heterocycles. The van der Waals surface area contributed by atoms with Gasteiger partial charge in [-0.3, -0.25) is 4.98 Å². The van der Waals surface area contributed by atoms with Crippen LogP contribution in [0.1, 0.15) is 24.3 Å². The van der Waals surface area contributed by atoms with Crippen molar-refractivity contribution in [1.82, 2.24) is 30.2 Å². The van der Waals surface area contributed by atoms with E-state index in [1.54, 1.807) is 12.3 Å². The van der Waals surface area contributed by atoms with Crippen LogP contribution < -0.4 is 15.5 Å². The predicted octanol–water partition coefficient (Wildman–Crippen LogP) is 4.17. The Morgan fingerprint density at radius 1 is 1.00 bits per heavy atom. The first-order valence-corrected chi connectivity index (χ1v) is 11.6. The summed E-state index contributed by atoms with van der Waals surface area (Å²) in [6, 6.07) is 9.29. The second-order valence-corrected chi connectivity index (χ2v) is 8.79. The van der Waals surface area contributed by atoms with Crippen LogP contribution >= 0.6 is 11.6 Å². The minimum atomic E-state index is 0.425. The third-order valence-corrected chi connectivity index (χ3v) is 6.25. The molecule has 0 aromatic carbocycles. The molecule has 0 bridgehead atoms. The summed E-state index contributed by atoms with van der Waals surface area (Å²) in [4.78, 5) is 25.6. The normalized spacial score (nSPS) is 16.2. The SMILES string of the molecule is Clc1cccc(Nc2cc(-c3nc(N4CCNCC4)c4c(C5CC5)cncc4n3)ccn2)n1. The van der Waals surface area contributed by atoms with Gasteiger partial charge in [-0.1, -0.05) is 17.7 Å². The number of nitrogens with zero attached hydrogens (tertiary/aromatic N) is 6. The molecule has 33 heavy (non-hydrogen) atoms. The van der Waals surface area contributed by atoms with E-state index in [1.807, 2.05) is 36.7 Å². The summed E-state index contributed by atoms with van der Waals surface area (Å²) < 4.78 is 0. The quantitative estimate of drug-likeness (QED) is 0.430. The number of rotatable bonds is 5. The molecule has 6 rings (SSSR count). The molecule has 2 aliphatic rings. The molecule has 1 saturated carbocycles. The average Bonchev–Trinajstić information content (AvgIpc) is 3.69. The molecule has 0 amide bonds. The first-order chi connectivity index (χ1) is 16.2. The lowest BCUT2D eigenvalue weighted by Gasteiger charge is -2.30. The molecular weight excluding hydrogens is 436 g/mol. The van der Waals surface area contributed by atoms with Gasteiger partial charge in [0.15, 0.2) is 5.82 Å². The van der Waals surface area contributed by atoms with E-state index in [4.69, 9.17) is 21.6 Å². The highest BCUT2D eigenvalue weighted by Crippen LogP contribution is 2.44. The van der Waals surface area contributed by atoms with Crippen molar-refractivity contribution in [2.45, 2.75) is 18.8 Å². The molecule has 0 spiro atoms. The van der Waals surface area contributed by atoms with E-state index in [1.165, 1.54) is 18.4 Å². The van der Waals surface area contributed by atoms with Crippen molar-refractivity contribution < 1.29 is 0 Å². The van der Waals surface area contributed by atoms with Gasteiger partial charge in [-0.15, -0.1) is 0 Å². The molecule has 4 aromatic heterocycles. The molecule has 9 heteroatoms. The Labute approximate surface area is 196 Å². The van der Waals surface area contributed by atoms with Crippen molar-refractivity contribution in [2.24, 2.45) is 0 Å². The lowest BCUT2D eigenvalue weighted by molar-refractivity contribution is 0.586. The first-order valence-electron chi connectivity index (χ1n) is 11.2. The Hall–Kier alpha value is -3.36. The number of hydrogen-bond donors (Lipinski definition) is 2. The largest absolute Gasteiger partial charge is 0.353 e. The minimum absolute atomic E-state index is 0.425. The Bertz CT molecular complexity index is 1320. The number of piperazine rings is 1. The Kier molecular flexibility index (Phi) is 5.24. The van der Waals surface area contributed by atoms with Crippen LogP contribution in [-0.2, 0) is 0 Å². The van der Waals surface area contributed by atoms with Crippen molar-refractivity contribution in [2.75, 3.05) is 36.4 Å². The summed E-state index contributed by atoms with van der Waals surface area (Å²) >= 11 is 6.02. The fourth-order valence-electron chi connectivity index (χ4n) is 4.27. The van der Waals surface area contributed by atoms with Crippen LogP contribution in [0.3, 0.4) is 0 Å². The topological polar surface area (TPSA) is 91.8 Å². The fourth-order valence-corrected chi connectivity index (χ4v) is 4.44. The molecule has 5 heterocycles. The second kappa shape index (κ2) is 8.53. The number of anilines is 3. The summed E-state index contributed by atoms with van der Waals surface area (Å²) in [6.45, 7) is 3.73. The van der Waals surface area contributed by atoms with Crippen LogP contribution in [0.2, 0.25) is 5.15 Å². The molecule has 2 fully saturated rings. The van der Waals surface area contributed by atoms with E-state index in [0.29, 0.717) is 28.5 Å². The lowest BCUT2D eigenvalue weighted by Crippen LogP contribution is -2.44. The molecule has 8 nitrogen and oxygen atoms in total. The molecule has 0 unspecified atom stereocenters. The van der Waals surface area contributed by atoms with E-state index in [-0.39, 0.29) is 0 Å². The summed E-state index contributed by atoms with van der Waals surface area (Å²) in [5.74, 6) is 3.52. The minimum Gasteiger partial charge on any atom is -0.353 e. The molecule has 1 saturated heterocycles. The van der Waals surface area contributed by atoms with E-state index < -0.39 is 0 Å². The molecule has 166 valence electrons. The first kappa shape index (κ1) is 20.3. The number of nitrogens with one attached hydrogen (secondary N) is 2. The van der Waals surface area contributed by atoms with Gasteiger partial charge in [0.05, 0.1) is 11.7 Å². The predicted molar refractivity (Wildman–Crippen MR) is 130 cm³/mol. The van der Waals surface area contributed by atoms with E-state index in [0.717, 1.165) is 48.5 Å². The zero-order chi connectivity index (χ0) is 22.2. The number of fused-ring (bicyclic) bond motifs is 1. The monoisotopic (exact) mass is 458 g/mol. The van der Waals surface area contributed by atoms with Gasteiger partial charge in [-0.2, -0.15) is 0 Å². The summed E-state index contributed by atoms with van der Waals surface area (Å²) in [6.07, 6.45) is 8.02. The molecule has 2 N–H and O–H groups in total. The van der Waals surface area contributed by atoms with Crippen LogP contribution in [0.5, 0.6) is 0 Å². The molecule has 1 aliphatic carbocycles. The molecule has 4 aromatic rings. The van der Waals surface area contributed by atoms with E-state index in [9.17, 15) is 0 Å². The van der Waals surface area contributed by atoms with Gasteiger partial charge in [0.2, 0.25) is 0 Å². The van der Waals surface area contributed by atoms with E-state index in [2.05, 4.69) is 30.5 Å². The summed E-state index contributed by atoms with van der Waals surface area (Å²) in [7, 11) is 0. The maximum atomic E-state index is 6.02. The number of pyridine rings is 3. The third kappa shape index (κ3) is 4.19. The Morgan fingerprint density at radius 2 is 1.88 bits per heavy atom. The molecular formula is C24H23ClN8. The zero-order valence-corrected chi connectivity index (χ0v) is 18.8. The van der Waals surface area contributed by atoms with Crippen molar-refractivity contribution in [3.8, 4) is 11.4 Å². The average molecular weight is 459 g/mol. The second-order valence-electron chi connectivity index (χ2n) is 8.41. The van der Waals surface area contributed by atoms with Crippen LogP contribution in [0, 0.1) is 0 Å². The van der Waals surface area contributed by atoms with Gasteiger partial charge in [-0.25, -0.2) is 19.9 Å². The van der Waals surface area contributed by atoms with Gasteiger partial charge in [0.1, 0.15) is 22.6 Å². The highest BCUT2D eigenvalue weighted by molar-refractivity contribution is 6.29. The van der Waals surface area contributed by atoms with Crippen molar-refractivity contribution in [3.05, 3.63) is 59.6 Å². The molecule has 0 atom stereocenters. The fraction of sp³-hybridized carbons (Fsp3) is 0.292. The maximum Gasteiger partial charge on any atom is 0.162 e. The highest BCUT2D eigenvalue weighted by Gasteiger charge is 2.29. The third-order valence-electron chi connectivity index (χ3n) is 6.04. The Balaban J connectivity index is 1.44. The number of hydrogen-bond acceptors (Lipinski definition) is 8. The van der Waals surface area contributed by atoms with Crippen LogP contribution in [0.15, 0.2) is 48.9 Å². The van der Waals surface area contributed by atoms with Crippen LogP contribution in [0.25, 0.3) is 22.3 Å². The standard InChI is InChI=1S/C24H23ClN8/c25-19-2-1-3-20(30-19)31-21-12-16(6-7-28-21)23-29-18-14-27-13-17(15-4-5-15)22(18)24(32-23)33-10-8-26-9-11-33/h1-3,6-7,12-15,26H,4-5,8-11H2,(H,28,30,31). The van der Waals surface area contributed by atoms with Crippen molar-refractivity contribution >= 4 is 40.0 Å². The van der Waals surface area contributed by atoms with Gasteiger partial charge in [0.25, 0.3) is 0 Å². The maximum absolute atomic E-state index is 6.02. The van der Waals surface area contributed by atoms with Crippen molar-refractivity contribution in [3.63, 3.8) is 0 Å².